The van der Waals surface area contributed by atoms with Gasteiger partial charge in [-0.25, -0.2) is 0 Å². The maximum atomic E-state index is 10.9. The summed E-state index contributed by atoms with van der Waals surface area (Å²) in [6, 6.07) is 0. The van der Waals surface area contributed by atoms with Gasteiger partial charge in [-0.3, -0.25) is 14.5 Å². The summed E-state index contributed by atoms with van der Waals surface area (Å²) in [6.45, 7) is 1.40. The summed E-state index contributed by atoms with van der Waals surface area (Å²) in [5.74, 6) is 2.13. The van der Waals surface area contributed by atoms with E-state index < -0.39 is 11.9 Å². The summed E-state index contributed by atoms with van der Waals surface area (Å²) in [7, 11) is 0. The number of cyclic esters (lactones) is 2. The second kappa shape index (κ2) is 3.67. The van der Waals surface area contributed by atoms with Crippen LogP contribution in [0.4, 0.5) is 0 Å². The number of morpholine rings is 1. The third kappa shape index (κ3) is 2.22. The molecule has 0 N–H and O–H groups in total. The van der Waals surface area contributed by atoms with E-state index in [0.29, 0.717) is 5.92 Å². The molecule has 0 aromatic rings. The van der Waals surface area contributed by atoms with Gasteiger partial charge in [-0.15, -0.1) is 0 Å². The van der Waals surface area contributed by atoms with Crippen LogP contribution in [0.3, 0.4) is 0 Å². The number of esters is 2. The van der Waals surface area contributed by atoms with E-state index in [-0.39, 0.29) is 13.1 Å². The Balaban J connectivity index is 1.83. The quantitative estimate of drug-likeness (QED) is 0.455. The molecule has 0 aromatic heterocycles. The maximum absolute atomic E-state index is 10.9. The molecule has 13 heavy (non-hydrogen) atoms. The molecule has 2 saturated heterocycles. The molecule has 0 aliphatic carbocycles. The Hall–Kier alpha value is -0.550. The fourth-order valence-corrected chi connectivity index (χ4v) is 2.28. The van der Waals surface area contributed by atoms with E-state index in [0.717, 1.165) is 18.1 Å². The molecule has 0 amide bonds. The third-order valence-corrected chi connectivity index (χ3v) is 3.57. The molecule has 2 rings (SSSR count). The number of ether oxygens (including phenoxy) is 1. The van der Waals surface area contributed by atoms with Gasteiger partial charge in [0, 0.05) is 6.54 Å². The number of carbonyl (C=O) groups is 2. The average Bonchev–Trinajstić information content (AvgIpc) is 1.95. The van der Waals surface area contributed by atoms with E-state index in [2.05, 4.69) is 4.74 Å². The van der Waals surface area contributed by atoms with Crippen molar-refractivity contribution in [1.82, 2.24) is 4.90 Å². The van der Waals surface area contributed by atoms with Crippen molar-refractivity contribution in [3.8, 4) is 0 Å². The Morgan fingerprint density at radius 1 is 1.31 bits per heavy atom. The van der Waals surface area contributed by atoms with Gasteiger partial charge in [-0.1, -0.05) is 0 Å². The van der Waals surface area contributed by atoms with Crippen LogP contribution in [-0.2, 0) is 14.3 Å². The van der Waals surface area contributed by atoms with Crippen molar-refractivity contribution in [3.63, 3.8) is 0 Å². The monoisotopic (exact) mass is 201 g/mol. The van der Waals surface area contributed by atoms with Crippen molar-refractivity contribution in [2.75, 3.05) is 31.1 Å². The molecule has 0 spiro atoms. The maximum Gasteiger partial charge on any atom is 0.327 e. The molecule has 2 aliphatic heterocycles. The molecule has 5 heteroatoms. The number of hydrogen-bond acceptors (Lipinski definition) is 5. The number of hydrogen-bond donors (Lipinski definition) is 0. The fraction of sp³-hybridized carbons (Fsp3) is 0.750. The highest BCUT2D eigenvalue weighted by Crippen LogP contribution is 2.25. The van der Waals surface area contributed by atoms with Crippen LogP contribution in [0.2, 0.25) is 0 Å². The van der Waals surface area contributed by atoms with Crippen molar-refractivity contribution in [1.29, 1.82) is 0 Å². The molecular formula is C8H11NO3S. The zero-order valence-corrected chi connectivity index (χ0v) is 8.01. The SMILES string of the molecule is O=C1CN(CC2CSC2)CC(=O)O1. The molecule has 0 bridgehead atoms. The van der Waals surface area contributed by atoms with Gasteiger partial charge in [-0.05, 0) is 17.4 Å². The highest BCUT2D eigenvalue weighted by Gasteiger charge is 2.28. The number of carbonyl (C=O) groups excluding carboxylic acids is 2. The highest BCUT2D eigenvalue weighted by atomic mass is 32.2. The van der Waals surface area contributed by atoms with Gasteiger partial charge in [-0.2, -0.15) is 11.8 Å². The number of rotatable bonds is 2. The Labute approximate surface area is 80.6 Å². The lowest BCUT2D eigenvalue weighted by Gasteiger charge is -2.32. The van der Waals surface area contributed by atoms with Gasteiger partial charge in [0.25, 0.3) is 0 Å². The number of nitrogens with zero attached hydrogens (tertiary/aromatic N) is 1. The highest BCUT2D eigenvalue weighted by molar-refractivity contribution is 8.00. The Bertz CT molecular complexity index is 224. The number of thioether (sulfide) groups is 1. The topological polar surface area (TPSA) is 46.6 Å². The lowest BCUT2D eigenvalue weighted by Crippen LogP contribution is -2.46. The van der Waals surface area contributed by atoms with Crippen LogP contribution in [-0.4, -0.2) is 48.0 Å². The minimum Gasteiger partial charge on any atom is -0.391 e. The first kappa shape index (κ1) is 9.02. The first-order valence-electron chi connectivity index (χ1n) is 4.27. The molecular weight excluding hydrogens is 190 g/mol. The van der Waals surface area contributed by atoms with Crippen LogP contribution in [0.5, 0.6) is 0 Å². The van der Waals surface area contributed by atoms with Crippen LogP contribution in [0.1, 0.15) is 0 Å². The minimum atomic E-state index is -0.414. The van der Waals surface area contributed by atoms with Crippen LogP contribution in [0, 0.1) is 5.92 Å². The van der Waals surface area contributed by atoms with Crippen molar-refractivity contribution < 1.29 is 14.3 Å². The van der Waals surface area contributed by atoms with E-state index in [4.69, 9.17) is 0 Å². The predicted molar refractivity (Wildman–Crippen MR) is 48.4 cm³/mol. The third-order valence-electron chi connectivity index (χ3n) is 2.16. The lowest BCUT2D eigenvalue weighted by molar-refractivity contribution is -0.166. The van der Waals surface area contributed by atoms with E-state index in [1.54, 1.807) is 0 Å². The van der Waals surface area contributed by atoms with E-state index in [9.17, 15) is 9.59 Å². The first-order valence-corrected chi connectivity index (χ1v) is 5.43. The molecule has 0 saturated carbocycles. The van der Waals surface area contributed by atoms with Crippen molar-refractivity contribution >= 4 is 23.7 Å². The fourth-order valence-electron chi connectivity index (χ4n) is 1.50. The minimum absolute atomic E-state index is 0.271. The molecule has 4 nitrogen and oxygen atoms in total. The standard InChI is InChI=1S/C8H11NO3S/c10-7-2-9(3-8(11)12-7)1-6-4-13-5-6/h6H,1-5H2. The van der Waals surface area contributed by atoms with Crippen LogP contribution in [0.25, 0.3) is 0 Å². The van der Waals surface area contributed by atoms with Gasteiger partial charge >= 0.3 is 11.9 Å². The normalized spacial score (nSPS) is 25.5. The molecule has 2 aliphatic rings. The molecule has 0 radical (unpaired) electrons. The average molecular weight is 201 g/mol. The lowest BCUT2D eigenvalue weighted by atomic mass is 10.2. The van der Waals surface area contributed by atoms with Crippen molar-refractivity contribution in [3.05, 3.63) is 0 Å². The van der Waals surface area contributed by atoms with E-state index in [1.165, 1.54) is 0 Å². The second-order valence-corrected chi connectivity index (χ2v) is 4.49. The molecule has 0 aromatic carbocycles. The van der Waals surface area contributed by atoms with Gasteiger partial charge in [0.15, 0.2) is 0 Å². The molecule has 2 heterocycles. The molecule has 2 fully saturated rings. The van der Waals surface area contributed by atoms with E-state index in [1.807, 2.05) is 16.7 Å². The summed E-state index contributed by atoms with van der Waals surface area (Å²) in [4.78, 5) is 23.6. The predicted octanol–water partition coefficient (Wildman–Crippen LogP) is -0.265. The Morgan fingerprint density at radius 2 is 1.92 bits per heavy atom. The van der Waals surface area contributed by atoms with Gasteiger partial charge < -0.3 is 4.74 Å². The van der Waals surface area contributed by atoms with Crippen LogP contribution >= 0.6 is 11.8 Å². The van der Waals surface area contributed by atoms with Crippen molar-refractivity contribution in [2.45, 2.75) is 0 Å². The Morgan fingerprint density at radius 3 is 2.38 bits per heavy atom. The van der Waals surface area contributed by atoms with Gasteiger partial charge in [0.1, 0.15) is 0 Å². The zero-order chi connectivity index (χ0) is 9.26. The smallest absolute Gasteiger partial charge is 0.327 e. The van der Waals surface area contributed by atoms with Gasteiger partial charge in [0.05, 0.1) is 13.1 Å². The van der Waals surface area contributed by atoms with Gasteiger partial charge in [0.2, 0.25) is 0 Å². The molecule has 0 unspecified atom stereocenters. The van der Waals surface area contributed by atoms with Crippen LogP contribution < -0.4 is 0 Å². The first-order chi connectivity index (χ1) is 6.24. The summed E-state index contributed by atoms with van der Waals surface area (Å²) >= 11 is 1.91. The zero-order valence-electron chi connectivity index (χ0n) is 7.19. The second-order valence-electron chi connectivity index (χ2n) is 3.42. The summed E-state index contributed by atoms with van der Waals surface area (Å²) in [5, 5.41) is 0. The largest absolute Gasteiger partial charge is 0.391 e. The molecule has 72 valence electrons. The van der Waals surface area contributed by atoms with E-state index >= 15 is 0 Å². The summed E-state index contributed by atoms with van der Waals surface area (Å²) in [5.41, 5.74) is 0. The molecule has 0 atom stereocenters. The van der Waals surface area contributed by atoms with Crippen molar-refractivity contribution in [2.24, 2.45) is 5.92 Å². The Kier molecular flexibility index (Phi) is 2.55. The summed E-state index contributed by atoms with van der Waals surface area (Å²) < 4.78 is 4.42. The summed E-state index contributed by atoms with van der Waals surface area (Å²) in [6.07, 6.45) is 0. The van der Waals surface area contributed by atoms with Crippen LogP contribution in [0.15, 0.2) is 0 Å².